The Morgan fingerprint density at radius 1 is 1.20 bits per heavy atom. The first-order chi connectivity index (χ1) is 11.6. The number of carbonyl (C=O) groups is 1. The maximum Gasteiger partial charge on any atom is 0.319 e. The molecule has 2 aliphatic rings. The Bertz CT molecular complexity index is 773. The molecule has 1 aromatic carbocycles. The van der Waals surface area contributed by atoms with Gasteiger partial charge in [-0.3, -0.25) is 4.90 Å². The lowest BCUT2D eigenvalue weighted by Crippen LogP contribution is -2.50. The third-order valence-electron chi connectivity index (χ3n) is 5.60. The molecule has 3 heterocycles. The Balaban J connectivity index is 0.00000182. The average Bonchev–Trinajstić information content (AvgIpc) is 2.99. The Morgan fingerprint density at radius 3 is 2.72 bits per heavy atom. The van der Waals surface area contributed by atoms with Crippen molar-refractivity contribution in [3.63, 3.8) is 0 Å². The normalized spacial score (nSPS) is 22.7. The zero-order valence-electron chi connectivity index (χ0n) is 15.1. The number of hydrogen-bond acceptors (Lipinski definition) is 3. The highest BCUT2D eigenvalue weighted by molar-refractivity contribution is 5.85. The summed E-state index contributed by atoms with van der Waals surface area (Å²) in [7, 11) is 5.54. The van der Waals surface area contributed by atoms with Gasteiger partial charge in [-0.15, -0.1) is 12.4 Å². The predicted octanol–water partition coefficient (Wildman–Crippen LogP) is 3.53. The monoisotopic (exact) mass is 363 g/mol. The van der Waals surface area contributed by atoms with Crippen molar-refractivity contribution in [3.05, 3.63) is 35.6 Å². The SMILES string of the molecule is CN(C)C(=O)N(C)C1CCN2CCc3c(oc4ccccc34)C2C1.Cl. The van der Waals surface area contributed by atoms with Crippen molar-refractivity contribution in [1.29, 1.82) is 0 Å². The van der Waals surface area contributed by atoms with Crippen LogP contribution in [0.5, 0.6) is 0 Å². The number of carbonyl (C=O) groups excluding carboxylic acids is 1. The molecule has 4 rings (SSSR count). The number of furan rings is 1. The predicted molar refractivity (Wildman–Crippen MR) is 101 cm³/mol. The molecular formula is C19H26ClN3O2. The minimum absolute atomic E-state index is 0. The summed E-state index contributed by atoms with van der Waals surface area (Å²) in [6.45, 7) is 2.11. The summed E-state index contributed by atoms with van der Waals surface area (Å²) in [6.07, 6.45) is 3.03. The van der Waals surface area contributed by atoms with E-state index in [1.807, 2.05) is 32.1 Å². The van der Waals surface area contributed by atoms with Crippen LogP contribution < -0.4 is 0 Å². The summed E-state index contributed by atoms with van der Waals surface area (Å²) in [6, 6.07) is 8.96. The standard InChI is InChI=1S/C19H25N3O2.ClH/c1-20(2)19(23)21(3)13-8-10-22-11-9-15-14-6-4-5-7-17(14)24-18(15)16(22)12-13;/h4-7,13,16H,8-12H2,1-3H3;1H. The van der Waals surface area contributed by atoms with E-state index in [0.717, 1.165) is 43.7 Å². The molecule has 2 aliphatic heterocycles. The van der Waals surface area contributed by atoms with Crippen LogP contribution in [0.2, 0.25) is 0 Å². The Labute approximate surface area is 155 Å². The summed E-state index contributed by atoms with van der Waals surface area (Å²) in [5, 5.41) is 1.26. The molecule has 0 N–H and O–H groups in total. The van der Waals surface area contributed by atoms with E-state index in [9.17, 15) is 4.79 Å². The van der Waals surface area contributed by atoms with E-state index < -0.39 is 0 Å². The fraction of sp³-hybridized carbons (Fsp3) is 0.526. The van der Waals surface area contributed by atoms with Crippen molar-refractivity contribution in [2.45, 2.75) is 31.3 Å². The summed E-state index contributed by atoms with van der Waals surface area (Å²) in [5.41, 5.74) is 2.36. The number of amides is 2. The molecular weight excluding hydrogens is 338 g/mol. The van der Waals surface area contributed by atoms with Gasteiger partial charge in [0.05, 0.1) is 6.04 Å². The number of rotatable bonds is 1. The minimum Gasteiger partial charge on any atom is -0.459 e. The molecule has 2 aromatic rings. The number of piperidine rings is 1. The number of urea groups is 1. The van der Waals surface area contributed by atoms with Gasteiger partial charge in [-0.1, -0.05) is 18.2 Å². The first kappa shape index (κ1) is 18.1. The van der Waals surface area contributed by atoms with E-state index >= 15 is 0 Å². The van der Waals surface area contributed by atoms with Crippen LogP contribution in [0.1, 0.15) is 30.2 Å². The summed E-state index contributed by atoms with van der Waals surface area (Å²) >= 11 is 0. The molecule has 136 valence electrons. The van der Waals surface area contributed by atoms with E-state index in [1.165, 1.54) is 10.9 Å². The highest BCUT2D eigenvalue weighted by atomic mass is 35.5. The van der Waals surface area contributed by atoms with Crippen LogP contribution in [0, 0.1) is 0 Å². The van der Waals surface area contributed by atoms with Crippen molar-refractivity contribution in [2.75, 3.05) is 34.2 Å². The molecule has 1 fully saturated rings. The molecule has 1 aromatic heterocycles. The van der Waals surface area contributed by atoms with Gasteiger partial charge in [0.1, 0.15) is 11.3 Å². The van der Waals surface area contributed by atoms with Crippen molar-refractivity contribution < 1.29 is 9.21 Å². The molecule has 0 aliphatic carbocycles. The van der Waals surface area contributed by atoms with Crippen LogP contribution in [-0.4, -0.2) is 61.0 Å². The third-order valence-corrected chi connectivity index (χ3v) is 5.60. The molecule has 0 bridgehead atoms. The minimum atomic E-state index is 0. The first-order valence-corrected chi connectivity index (χ1v) is 8.74. The fourth-order valence-corrected chi connectivity index (χ4v) is 4.26. The maximum absolute atomic E-state index is 12.3. The van der Waals surface area contributed by atoms with Crippen molar-refractivity contribution in [3.8, 4) is 0 Å². The fourth-order valence-electron chi connectivity index (χ4n) is 4.26. The summed E-state index contributed by atoms with van der Waals surface area (Å²) in [5.74, 6) is 1.12. The van der Waals surface area contributed by atoms with Crippen LogP contribution >= 0.6 is 12.4 Å². The quantitative estimate of drug-likeness (QED) is 0.778. The molecule has 0 saturated carbocycles. The lowest BCUT2D eigenvalue weighted by Gasteiger charge is -2.44. The van der Waals surface area contributed by atoms with E-state index in [4.69, 9.17) is 4.42 Å². The number of halogens is 1. The van der Waals surface area contributed by atoms with Crippen LogP contribution in [0.15, 0.2) is 28.7 Å². The number of hydrogen-bond donors (Lipinski definition) is 0. The second-order valence-corrected chi connectivity index (χ2v) is 7.21. The Morgan fingerprint density at radius 2 is 1.96 bits per heavy atom. The van der Waals surface area contributed by atoms with Crippen molar-refractivity contribution >= 4 is 29.4 Å². The van der Waals surface area contributed by atoms with E-state index in [2.05, 4.69) is 23.1 Å². The van der Waals surface area contributed by atoms with Crippen LogP contribution in [0.4, 0.5) is 4.79 Å². The topological polar surface area (TPSA) is 39.9 Å². The molecule has 0 spiro atoms. The lowest BCUT2D eigenvalue weighted by molar-refractivity contribution is 0.0646. The van der Waals surface area contributed by atoms with E-state index in [0.29, 0.717) is 0 Å². The van der Waals surface area contributed by atoms with Gasteiger partial charge in [-0.25, -0.2) is 4.79 Å². The highest BCUT2D eigenvalue weighted by Gasteiger charge is 2.39. The van der Waals surface area contributed by atoms with Gasteiger partial charge in [0.2, 0.25) is 0 Å². The molecule has 0 radical (unpaired) electrons. The molecule has 2 unspecified atom stereocenters. The summed E-state index contributed by atoms with van der Waals surface area (Å²) in [4.78, 5) is 18.4. The smallest absolute Gasteiger partial charge is 0.319 e. The molecule has 1 saturated heterocycles. The largest absolute Gasteiger partial charge is 0.459 e. The van der Waals surface area contributed by atoms with E-state index in [-0.39, 0.29) is 30.5 Å². The third kappa shape index (κ3) is 3.00. The summed E-state index contributed by atoms with van der Waals surface area (Å²) < 4.78 is 6.24. The zero-order chi connectivity index (χ0) is 16.8. The number of nitrogens with zero attached hydrogens (tertiary/aromatic N) is 3. The number of fused-ring (bicyclic) bond motifs is 5. The van der Waals surface area contributed by atoms with Gasteiger partial charge < -0.3 is 14.2 Å². The van der Waals surface area contributed by atoms with Gasteiger partial charge in [0.15, 0.2) is 0 Å². The highest BCUT2D eigenvalue weighted by Crippen LogP contribution is 2.42. The second-order valence-electron chi connectivity index (χ2n) is 7.21. The second kappa shape index (κ2) is 6.89. The van der Waals surface area contributed by atoms with Gasteiger partial charge in [-0.05, 0) is 25.3 Å². The molecule has 25 heavy (non-hydrogen) atoms. The first-order valence-electron chi connectivity index (χ1n) is 8.74. The molecule has 5 nitrogen and oxygen atoms in total. The van der Waals surface area contributed by atoms with Crippen LogP contribution in [-0.2, 0) is 6.42 Å². The maximum atomic E-state index is 12.3. The number of benzene rings is 1. The molecule has 2 atom stereocenters. The number of para-hydroxylation sites is 1. The zero-order valence-corrected chi connectivity index (χ0v) is 15.9. The van der Waals surface area contributed by atoms with Gasteiger partial charge in [0.25, 0.3) is 0 Å². The Kier molecular flexibility index (Phi) is 4.98. The van der Waals surface area contributed by atoms with E-state index in [1.54, 1.807) is 4.90 Å². The van der Waals surface area contributed by atoms with Gasteiger partial charge in [-0.2, -0.15) is 0 Å². The molecule has 6 heteroatoms. The Hall–Kier alpha value is -1.72. The average molecular weight is 364 g/mol. The molecule has 2 amide bonds. The van der Waals surface area contributed by atoms with Crippen molar-refractivity contribution in [1.82, 2.24) is 14.7 Å². The van der Waals surface area contributed by atoms with Gasteiger partial charge >= 0.3 is 6.03 Å². The van der Waals surface area contributed by atoms with Crippen LogP contribution in [0.25, 0.3) is 11.0 Å². The van der Waals surface area contributed by atoms with Crippen LogP contribution in [0.3, 0.4) is 0 Å². The van der Waals surface area contributed by atoms with Gasteiger partial charge in [0, 0.05) is 51.2 Å². The van der Waals surface area contributed by atoms with Crippen molar-refractivity contribution in [2.24, 2.45) is 0 Å². The lowest BCUT2D eigenvalue weighted by atomic mass is 9.88.